The first-order valence-corrected chi connectivity index (χ1v) is 6.72. The molecule has 0 aromatic heterocycles. The summed E-state index contributed by atoms with van der Waals surface area (Å²) >= 11 is 0. The molecular weight excluding hydrogens is 234 g/mol. The van der Waals surface area contributed by atoms with Gasteiger partial charge in [0.15, 0.2) is 0 Å². The monoisotopic (exact) mass is 253 g/mol. The van der Waals surface area contributed by atoms with Crippen LogP contribution in [0.2, 0.25) is 0 Å². The van der Waals surface area contributed by atoms with Gasteiger partial charge in [-0.05, 0) is 23.6 Å². The van der Waals surface area contributed by atoms with E-state index < -0.39 is 5.60 Å². The van der Waals surface area contributed by atoms with E-state index in [0.29, 0.717) is 6.54 Å². The minimum atomic E-state index is -0.802. The van der Waals surface area contributed by atoms with Crippen molar-refractivity contribution < 1.29 is 5.11 Å². The van der Waals surface area contributed by atoms with Gasteiger partial charge in [-0.1, -0.05) is 54.6 Å². The molecule has 0 saturated heterocycles. The summed E-state index contributed by atoms with van der Waals surface area (Å²) in [5.74, 6) is 0. The number of hydrogen-bond acceptors (Lipinski definition) is 2. The zero-order valence-corrected chi connectivity index (χ0v) is 11.2. The number of fused-ring (bicyclic) bond motifs is 1. The molecule has 2 nitrogen and oxygen atoms in total. The smallest absolute Gasteiger partial charge is 0.0995 e. The van der Waals surface area contributed by atoms with Gasteiger partial charge in [-0.25, -0.2) is 0 Å². The fourth-order valence-corrected chi connectivity index (χ4v) is 2.84. The largest absolute Gasteiger partial charge is 0.384 e. The van der Waals surface area contributed by atoms with Crippen LogP contribution in [0.5, 0.6) is 0 Å². The number of β-amino-alcohol motifs (C(OH)–C–C–N with tert-alkyl or cyclic N) is 1. The molecule has 19 heavy (non-hydrogen) atoms. The molecule has 1 aliphatic heterocycles. The molecule has 2 aromatic rings. The van der Waals surface area contributed by atoms with E-state index in [-0.39, 0.29) is 0 Å². The van der Waals surface area contributed by atoms with Gasteiger partial charge in [-0.3, -0.25) is 4.90 Å². The van der Waals surface area contributed by atoms with E-state index in [0.717, 1.165) is 18.7 Å². The maximum atomic E-state index is 10.7. The van der Waals surface area contributed by atoms with E-state index in [2.05, 4.69) is 29.2 Å². The third-order valence-electron chi connectivity index (χ3n) is 3.83. The number of hydrogen-bond donors (Lipinski definition) is 1. The minimum absolute atomic E-state index is 0.658. The highest BCUT2D eigenvalue weighted by Gasteiger charge is 2.29. The second-order valence-corrected chi connectivity index (χ2v) is 5.55. The zero-order chi connectivity index (χ0) is 13.3. The average molecular weight is 253 g/mol. The van der Waals surface area contributed by atoms with Crippen LogP contribution in [0.4, 0.5) is 0 Å². The molecule has 0 aliphatic carbocycles. The van der Waals surface area contributed by atoms with Gasteiger partial charge in [-0.15, -0.1) is 0 Å². The Bertz CT molecular complexity index is 537. The van der Waals surface area contributed by atoms with Crippen LogP contribution < -0.4 is 0 Å². The molecule has 1 aliphatic rings. The first-order valence-electron chi connectivity index (χ1n) is 6.72. The topological polar surface area (TPSA) is 23.5 Å². The molecule has 3 rings (SSSR count). The number of nitrogens with zero attached hydrogens (tertiary/aromatic N) is 1. The number of benzene rings is 2. The standard InChI is InChI=1S/C17H19NO/c1-17(19,16-9-3-2-4-10-16)13-18-11-14-7-5-6-8-15(14)12-18/h2-10,19H,11-13H2,1H3. The van der Waals surface area contributed by atoms with Crippen LogP contribution >= 0.6 is 0 Å². The Morgan fingerprint density at radius 2 is 1.47 bits per heavy atom. The van der Waals surface area contributed by atoms with Crippen LogP contribution in [0.1, 0.15) is 23.6 Å². The van der Waals surface area contributed by atoms with Crippen molar-refractivity contribution in [2.24, 2.45) is 0 Å². The van der Waals surface area contributed by atoms with E-state index in [1.807, 2.05) is 37.3 Å². The van der Waals surface area contributed by atoms with E-state index in [9.17, 15) is 5.11 Å². The highest BCUT2D eigenvalue weighted by atomic mass is 16.3. The first-order chi connectivity index (χ1) is 9.15. The van der Waals surface area contributed by atoms with Gasteiger partial charge in [0, 0.05) is 19.6 Å². The predicted octanol–water partition coefficient (Wildman–Crippen LogP) is 2.91. The first kappa shape index (κ1) is 12.4. The molecule has 0 amide bonds. The van der Waals surface area contributed by atoms with Gasteiger partial charge < -0.3 is 5.11 Å². The highest BCUT2D eigenvalue weighted by Crippen LogP contribution is 2.27. The van der Waals surface area contributed by atoms with Gasteiger partial charge in [0.25, 0.3) is 0 Å². The van der Waals surface area contributed by atoms with Crippen LogP contribution in [0.25, 0.3) is 0 Å². The SMILES string of the molecule is CC(O)(CN1Cc2ccccc2C1)c1ccccc1. The Morgan fingerprint density at radius 1 is 0.947 bits per heavy atom. The molecule has 98 valence electrons. The minimum Gasteiger partial charge on any atom is -0.384 e. The molecule has 1 unspecified atom stereocenters. The second kappa shape index (κ2) is 4.80. The fraction of sp³-hybridized carbons (Fsp3) is 0.294. The quantitative estimate of drug-likeness (QED) is 0.909. The van der Waals surface area contributed by atoms with Gasteiger partial charge in [0.05, 0.1) is 5.60 Å². The summed E-state index contributed by atoms with van der Waals surface area (Å²) in [6.07, 6.45) is 0. The molecule has 2 aromatic carbocycles. The van der Waals surface area contributed by atoms with Crippen LogP contribution in [-0.2, 0) is 18.7 Å². The molecule has 1 heterocycles. The van der Waals surface area contributed by atoms with Crippen molar-refractivity contribution in [3.63, 3.8) is 0 Å². The third-order valence-corrected chi connectivity index (χ3v) is 3.83. The fourth-order valence-electron chi connectivity index (χ4n) is 2.84. The van der Waals surface area contributed by atoms with Gasteiger partial charge in [0.2, 0.25) is 0 Å². The normalized spacial score (nSPS) is 18.0. The lowest BCUT2D eigenvalue weighted by molar-refractivity contribution is 0.0145. The van der Waals surface area contributed by atoms with Gasteiger partial charge in [-0.2, -0.15) is 0 Å². The van der Waals surface area contributed by atoms with Crippen molar-refractivity contribution in [1.82, 2.24) is 4.90 Å². The summed E-state index contributed by atoms with van der Waals surface area (Å²) in [5.41, 5.74) is 2.94. The van der Waals surface area contributed by atoms with E-state index >= 15 is 0 Å². The Labute approximate surface area is 114 Å². The van der Waals surface area contributed by atoms with Crippen molar-refractivity contribution >= 4 is 0 Å². The van der Waals surface area contributed by atoms with Crippen LogP contribution in [0.3, 0.4) is 0 Å². The third kappa shape index (κ3) is 2.55. The van der Waals surface area contributed by atoms with Crippen molar-refractivity contribution in [2.75, 3.05) is 6.54 Å². The molecular formula is C17H19NO. The molecule has 0 fully saturated rings. The van der Waals surface area contributed by atoms with Crippen LogP contribution in [0.15, 0.2) is 54.6 Å². The molecule has 0 radical (unpaired) electrons. The van der Waals surface area contributed by atoms with Crippen molar-refractivity contribution in [3.8, 4) is 0 Å². The summed E-state index contributed by atoms with van der Waals surface area (Å²) in [4.78, 5) is 2.30. The Morgan fingerprint density at radius 3 is 2.05 bits per heavy atom. The summed E-state index contributed by atoms with van der Waals surface area (Å²) in [6.45, 7) is 4.41. The molecule has 1 atom stereocenters. The van der Waals surface area contributed by atoms with E-state index in [1.54, 1.807) is 0 Å². The van der Waals surface area contributed by atoms with Crippen molar-refractivity contribution in [3.05, 3.63) is 71.3 Å². The predicted molar refractivity (Wildman–Crippen MR) is 76.6 cm³/mol. The van der Waals surface area contributed by atoms with Gasteiger partial charge in [0.1, 0.15) is 0 Å². The lowest BCUT2D eigenvalue weighted by atomic mass is 9.95. The molecule has 0 saturated carbocycles. The summed E-state index contributed by atoms with van der Waals surface area (Å²) in [5, 5.41) is 10.7. The zero-order valence-electron chi connectivity index (χ0n) is 11.2. The molecule has 1 N–H and O–H groups in total. The molecule has 2 heteroatoms. The Balaban J connectivity index is 1.74. The average Bonchev–Trinajstić information content (AvgIpc) is 2.81. The van der Waals surface area contributed by atoms with Crippen molar-refractivity contribution in [1.29, 1.82) is 0 Å². The molecule has 0 bridgehead atoms. The Kier molecular flexibility index (Phi) is 3.13. The Hall–Kier alpha value is -1.64. The molecule has 0 spiro atoms. The number of rotatable bonds is 3. The van der Waals surface area contributed by atoms with E-state index in [1.165, 1.54) is 11.1 Å². The second-order valence-electron chi connectivity index (χ2n) is 5.55. The summed E-state index contributed by atoms with van der Waals surface area (Å²) < 4.78 is 0. The van der Waals surface area contributed by atoms with Crippen molar-refractivity contribution in [2.45, 2.75) is 25.6 Å². The van der Waals surface area contributed by atoms with Crippen LogP contribution in [0, 0.1) is 0 Å². The van der Waals surface area contributed by atoms with Gasteiger partial charge >= 0.3 is 0 Å². The summed E-state index contributed by atoms with van der Waals surface area (Å²) in [6, 6.07) is 18.4. The summed E-state index contributed by atoms with van der Waals surface area (Å²) in [7, 11) is 0. The number of aliphatic hydroxyl groups is 1. The highest BCUT2D eigenvalue weighted by molar-refractivity contribution is 5.30. The lowest BCUT2D eigenvalue weighted by Gasteiger charge is -2.29. The van der Waals surface area contributed by atoms with E-state index in [4.69, 9.17) is 0 Å². The maximum absolute atomic E-state index is 10.7. The maximum Gasteiger partial charge on any atom is 0.0995 e. The lowest BCUT2D eigenvalue weighted by Crippen LogP contribution is -2.36. The van der Waals surface area contributed by atoms with Crippen LogP contribution in [-0.4, -0.2) is 16.6 Å².